The highest BCUT2D eigenvalue weighted by Crippen LogP contribution is 2.55. The van der Waals surface area contributed by atoms with Crippen LogP contribution in [0.5, 0.6) is 5.75 Å². The molecule has 28 heavy (non-hydrogen) atoms. The van der Waals surface area contributed by atoms with E-state index >= 15 is 0 Å². The Labute approximate surface area is 166 Å². The first-order valence-corrected chi connectivity index (χ1v) is 11.6. The van der Waals surface area contributed by atoms with Crippen LogP contribution in [0.15, 0.2) is 24.3 Å². The van der Waals surface area contributed by atoms with Crippen molar-refractivity contribution in [2.24, 2.45) is 11.8 Å². The van der Waals surface area contributed by atoms with Gasteiger partial charge in [0.1, 0.15) is 5.75 Å². The zero-order valence-corrected chi connectivity index (χ0v) is 17.2. The van der Waals surface area contributed by atoms with E-state index in [9.17, 15) is 13.2 Å². The molecule has 3 saturated heterocycles. The molecule has 3 aliphatic rings. The molecular formula is C20H28N2O5S. The Morgan fingerprint density at radius 1 is 1.36 bits per heavy atom. The Balaban J connectivity index is 1.42. The van der Waals surface area contributed by atoms with E-state index in [0.717, 1.165) is 12.8 Å². The van der Waals surface area contributed by atoms with Gasteiger partial charge in [-0.2, -0.15) is 4.31 Å². The summed E-state index contributed by atoms with van der Waals surface area (Å²) < 4.78 is 38.1. The highest BCUT2D eigenvalue weighted by Gasteiger charge is 2.64. The van der Waals surface area contributed by atoms with Gasteiger partial charge in [-0.1, -0.05) is 6.92 Å². The van der Waals surface area contributed by atoms with Crippen LogP contribution in [0.1, 0.15) is 36.5 Å². The number of rotatable bonds is 7. The Hall–Kier alpha value is -1.64. The zero-order chi connectivity index (χ0) is 19.9. The smallest absolute Gasteiger partial charge is 0.251 e. The number of amides is 1. The maximum atomic E-state index is 12.5. The van der Waals surface area contributed by atoms with Crippen LogP contribution < -0.4 is 10.1 Å². The quantitative estimate of drug-likeness (QED) is 0.742. The summed E-state index contributed by atoms with van der Waals surface area (Å²) in [7, 11) is -1.64. The van der Waals surface area contributed by atoms with Crippen LogP contribution >= 0.6 is 0 Å². The van der Waals surface area contributed by atoms with E-state index in [2.05, 4.69) is 5.32 Å². The maximum Gasteiger partial charge on any atom is 0.251 e. The first kappa shape index (κ1) is 19.7. The van der Waals surface area contributed by atoms with Gasteiger partial charge in [0, 0.05) is 37.0 Å². The second kappa shape index (κ2) is 7.31. The van der Waals surface area contributed by atoms with Gasteiger partial charge in [-0.25, -0.2) is 8.42 Å². The molecule has 1 N–H and O–H groups in total. The van der Waals surface area contributed by atoms with E-state index in [-0.39, 0.29) is 35.2 Å². The van der Waals surface area contributed by atoms with Gasteiger partial charge in [-0.15, -0.1) is 0 Å². The molecular weight excluding hydrogens is 380 g/mol. The van der Waals surface area contributed by atoms with Crippen molar-refractivity contribution in [3.8, 4) is 5.75 Å². The first-order valence-electron chi connectivity index (χ1n) is 9.96. The number of fused-ring (bicyclic) bond motifs is 1. The lowest BCUT2D eigenvalue weighted by molar-refractivity contribution is 0.00797. The number of nitrogens with one attached hydrogen (secondary N) is 1. The lowest BCUT2D eigenvalue weighted by Gasteiger charge is -2.29. The third kappa shape index (κ3) is 3.31. The molecule has 7 nitrogen and oxygen atoms in total. The molecule has 2 bridgehead atoms. The number of benzene rings is 1. The van der Waals surface area contributed by atoms with Crippen molar-refractivity contribution >= 4 is 15.9 Å². The summed E-state index contributed by atoms with van der Waals surface area (Å²) in [6.45, 7) is 3.34. The predicted octanol–water partition coefficient (Wildman–Crippen LogP) is 1.64. The third-order valence-electron chi connectivity index (χ3n) is 6.46. The van der Waals surface area contributed by atoms with Crippen molar-refractivity contribution in [3.63, 3.8) is 0 Å². The predicted molar refractivity (Wildman–Crippen MR) is 105 cm³/mol. The van der Waals surface area contributed by atoms with Gasteiger partial charge in [0.2, 0.25) is 10.0 Å². The van der Waals surface area contributed by atoms with Crippen molar-refractivity contribution in [2.45, 2.75) is 37.9 Å². The molecule has 1 aromatic rings. The highest BCUT2D eigenvalue weighted by molar-refractivity contribution is 7.89. The highest BCUT2D eigenvalue weighted by atomic mass is 32.2. The lowest BCUT2D eigenvalue weighted by Crippen LogP contribution is -2.41. The molecule has 1 aromatic carbocycles. The van der Waals surface area contributed by atoms with Crippen LogP contribution in [0.3, 0.4) is 0 Å². The second-order valence-corrected chi connectivity index (χ2v) is 10.2. The molecule has 1 spiro atoms. The van der Waals surface area contributed by atoms with Crippen LogP contribution in [0.4, 0.5) is 0 Å². The summed E-state index contributed by atoms with van der Waals surface area (Å²) in [5, 5.41) is 3.02. The minimum Gasteiger partial charge on any atom is -0.497 e. The number of hydrogen-bond acceptors (Lipinski definition) is 5. The normalized spacial score (nSPS) is 31.7. The van der Waals surface area contributed by atoms with E-state index in [0.29, 0.717) is 37.4 Å². The molecule has 8 heteroatoms. The van der Waals surface area contributed by atoms with Gasteiger partial charge in [0.05, 0.1) is 24.6 Å². The van der Waals surface area contributed by atoms with Crippen molar-refractivity contribution in [2.75, 3.05) is 32.5 Å². The van der Waals surface area contributed by atoms with Crippen molar-refractivity contribution in [1.29, 1.82) is 0 Å². The molecule has 3 heterocycles. The Bertz CT molecular complexity index is 841. The van der Waals surface area contributed by atoms with Gasteiger partial charge in [0.25, 0.3) is 5.91 Å². The van der Waals surface area contributed by atoms with Gasteiger partial charge < -0.3 is 14.8 Å². The van der Waals surface area contributed by atoms with E-state index in [1.165, 1.54) is 0 Å². The molecule has 3 aliphatic heterocycles. The van der Waals surface area contributed by atoms with Crippen LogP contribution in [-0.4, -0.2) is 62.8 Å². The topological polar surface area (TPSA) is 84.9 Å². The molecule has 0 saturated carbocycles. The first-order chi connectivity index (χ1) is 13.4. The van der Waals surface area contributed by atoms with Gasteiger partial charge in [-0.3, -0.25) is 4.79 Å². The number of nitrogens with zero attached hydrogens (tertiary/aromatic N) is 1. The Kier molecular flexibility index (Phi) is 5.14. The summed E-state index contributed by atoms with van der Waals surface area (Å²) in [6.07, 6.45) is 2.56. The fourth-order valence-electron chi connectivity index (χ4n) is 5.07. The standard InChI is InChI=1S/C20H28N2O5S/c1-3-10-28(24,25)22-12-17-16(18-8-9-20(17,13-22)27-18)11-21-19(23)14-4-6-15(26-2)7-5-14/h4-7,16-18H,3,8-13H2,1-2H3,(H,21,23)/t16-,17+,18+,20+/m0/s1. The van der Waals surface area contributed by atoms with Crippen LogP contribution in [0, 0.1) is 11.8 Å². The lowest BCUT2D eigenvalue weighted by atomic mass is 9.73. The Morgan fingerprint density at radius 3 is 2.79 bits per heavy atom. The van der Waals surface area contributed by atoms with Crippen LogP contribution in [0.25, 0.3) is 0 Å². The molecule has 3 fully saturated rings. The Morgan fingerprint density at radius 2 is 2.11 bits per heavy atom. The average molecular weight is 409 g/mol. The van der Waals surface area contributed by atoms with E-state index in [1.54, 1.807) is 35.7 Å². The minimum atomic E-state index is -3.23. The van der Waals surface area contributed by atoms with Crippen LogP contribution in [-0.2, 0) is 14.8 Å². The molecule has 4 rings (SSSR count). The number of carbonyl (C=O) groups excluding carboxylic acids is 1. The summed E-state index contributed by atoms with van der Waals surface area (Å²) in [4.78, 5) is 12.5. The second-order valence-electron chi connectivity index (χ2n) is 8.08. The van der Waals surface area contributed by atoms with E-state index in [4.69, 9.17) is 9.47 Å². The molecule has 0 aliphatic carbocycles. The number of methoxy groups -OCH3 is 1. The van der Waals surface area contributed by atoms with E-state index < -0.39 is 10.0 Å². The van der Waals surface area contributed by atoms with E-state index in [1.807, 2.05) is 6.92 Å². The maximum absolute atomic E-state index is 12.5. The monoisotopic (exact) mass is 408 g/mol. The molecule has 0 unspecified atom stereocenters. The summed E-state index contributed by atoms with van der Waals surface area (Å²) in [5.41, 5.74) is 0.221. The van der Waals surface area contributed by atoms with Crippen molar-refractivity contribution < 1.29 is 22.7 Å². The molecule has 4 atom stereocenters. The van der Waals surface area contributed by atoms with Gasteiger partial charge >= 0.3 is 0 Å². The molecule has 0 aromatic heterocycles. The molecule has 1 amide bonds. The number of ether oxygens (including phenoxy) is 2. The van der Waals surface area contributed by atoms with Crippen molar-refractivity contribution in [1.82, 2.24) is 9.62 Å². The minimum absolute atomic E-state index is 0.109. The third-order valence-corrected chi connectivity index (χ3v) is 8.45. The summed E-state index contributed by atoms with van der Waals surface area (Å²) in [5.74, 6) is 1.05. The molecule has 0 radical (unpaired) electrons. The van der Waals surface area contributed by atoms with Gasteiger partial charge in [-0.05, 0) is 43.5 Å². The van der Waals surface area contributed by atoms with Gasteiger partial charge in [0.15, 0.2) is 0 Å². The number of sulfonamides is 1. The summed E-state index contributed by atoms with van der Waals surface area (Å²) in [6, 6.07) is 7.00. The fraction of sp³-hybridized carbons (Fsp3) is 0.650. The average Bonchev–Trinajstić information content (AvgIpc) is 3.35. The SMILES string of the molecule is CCCS(=O)(=O)N1C[C@@H]2[C@H](CNC(=O)c3ccc(OC)cc3)[C@H]3CC[C@]2(C1)O3. The van der Waals surface area contributed by atoms with Crippen molar-refractivity contribution in [3.05, 3.63) is 29.8 Å². The largest absolute Gasteiger partial charge is 0.497 e. The summed E-state index contributed by atoms with van der Waals surface area (Å²) >= 11 is 0. The number of carbonyl (C=O) groups is 1. The number of hydrogen-bond donors (Lipinski definition) is 1. The fourth-order valence-corrected chi connectivity index (χ4v) is 6.65. The zero-order valence-electron chi connectivity index (χ0n) is 16.4. The molecule has 154 valence electrons. The van der Waals surface area contributed by atoms with Crippen LogP contribution in [0.2, 0.25) is 0 Å².